The predicted octanol–water partition coefficient (Wildman–Crippen LogP) is 3.61. The van der Waals surface area contributed by atoms with Gasteiger partial charge in [0.25, 0.3) is 0 Å². The van der Waals surface area contributed by atoms with Crippen LogP contribution >= 0.6 is 0 Å². The fourth-order valence-electron chi connectivity index (χ4n) is 4.20. The maximum Gasteiger partial charge on any atom is 0.177 e. The van der Waals surface area contributed by atoms with E-state index in [2.05, 4.69) is 15.1 Å². The van der Waals surface area contributed by atoms with Crippen LogP contribution in [-0.2, 0) is 11.8 Å². The molecule has 1 aromatic carbocycles. The zero-order valence-electron chi connectivity index (χ0n) is 20.0. The first-order valence-corrected chi connectivity index (χ1v) is 10.8. The Bertz CT molecular complexity index is 1410. The lowest BCUT2D eigenvalue weighted by Gasteiger charge is -2.47. The van der Waals surface area contributed by atoms with E-state index in [-0.39, 0.29) is 28.4 Å². The van der Waals surface area contributed by atoms with Crippen LogP contribution < -0.4 is 14.4 Å². The van der Waals surface area contributed by atoms with Gasteiger partial charge >= 0.3 is 0 Å². The first kappa shape index (κ1) is 22.9. The normalized spacial score (nSPS) is 14.8. The summed E-state index contributed by atoms with van der Waals surface area (Å²) >= 11 is 0. The Morgan fingerprint density at radius 1 is 0.971 bits per heavy atom. The Labute approximate surface area is 200 Å². The van der Waals surface area contributed by atoms with Crippen molar-refractivity contribution in [3.8, 4) is 34.1 Å². The fraction of sp³-hybridized carbons (Fsp3) is 0.333. The number of rotatable bonds is 6. The second kappa shape index (κ2) is 8.42. The van der Waals surface area contributed by atoms with Crippen LogP contribution in [-0.4, -0.2) is 64.8 Å². The molecule has 0 aliphatic carbocycles. The highest BCUT2D eigenvalue weighted by atomic mass is 19.1. The van der Waals surface area contributed by atoms with Gasteiger partial charge in [-0.2, -0.15) is 5.10 Å². The summed E-state index contributed by atoms with van der Waals surface area (Å²) in [5, 5.41) is 4.75. The lowest BCUT2D eigenvalue weighted by atomic mass is 9.96. The van der Waals surface area contributed by atoms with Crippen LogP contribution in [0, 0.1) is 11.6 Å². The van der Waals surface area contributed by atoms with Crippen LogP contribution in [0.4, 0.5) is 14.6 Å². The third-order valence-electron chi connectivity index (χ3n) is 6.18. The highest BCUT2D eigenvalue weighted by Crippen LogP contribution is 2.40. The zero-order chi connectivity index (χ0) is 24.9. The summed E-state index contributed by atoms with van der Waals surface area (Å²) in [6, 6.07) is 2.72. The molecule has 4 heterocycles. The average Bonchev–Trinajstić information content (AvgIpc) is 3.28. The molecule has 0 spiro atoms. The molecule has 3 aromatic heterocycles. The first-order valence-electron chi connectivity index (χ1n) is 10.8. The Kier molecular flexibility index (Phi) is 5.51. The fourth-order valence-corrected chi connectivity index (χ4v) is 4.20. The number of aryl methyl sites for hydroxylation is 1. The summed E-state index contributed by atoms with van der Waals surface area (Å²) in [5.41, 5.74) is 0.652. The van der Waals surface area contributed by atoms with Crippen molar-refractivity contribution in [2.45, 2.75) is 12.5 Å². The molecule has 0 unspecified atom stereocenters. The van der Waals surface area contributed by atoms with Crippen LogP contribution in [0.25, 0.3) is 33.5 Å². The van der Waals surface area contributed by atoms with E-state index in [0.717, 1.165) is 5.56 Å². The maximum atomic E-state index is 15.3. The van der Waals surface area contributed by atoms with E-state index in [4.69, 9.17) is 19.2 Å². The topological polar surface area (TPSA) is 87.4 Å². The minimum Gasteiger partial charge on any atom is -0.494 e. The summed E-state index contributed by atoms with van der Waals surface area (Å²) in [5.74, 6) is -1.11. The van der Waals surface area contributed by atoms with Gasteiger partial charge in [0.15, 0.2) is 34.8 Å². The van der Waals surface area contributed by atoms with Gasteiger partial charge in [-0.1, -0.05) is 0 Å². The van der Waals surface area contributed by atoms with Crippen molar-refractivity contribution in [2.24, 2.45) is 7.05 Å². The van der Waals surface area contributed by atoms with Gasteiger partial charge in [0.05, 0.1) is 55.9 Å². The van der Waals surface area contributed by atoms with Gasteiger partial charge in [-0.3, -0.25) is 4.68 Å². The smallest absolute Gasteiger partial charge is 0.177 e. The minimum absolute atomic E-state index is 0.0726. The van der Waals surface area contributed by atoms with Gasteiger partial charge in [0.2, 0.25) is 0 Å². The van der Waals surface area contributed by atoms with E-state index in [1.165, 1.54) is 20.3 Å². The third kappa shape index (κ3) is 3.81. The molecule has 0 bridgehead atoms. The molecule has 0 radical (unpaired) electrons. The molecule has 5 rings (SSSR count). The Morgan fingerprint density at radius 3 is 2.23 bits per heavy atom. The molecule has 1 aliphatic rings. The molecule has 1 fully saturated rings. The van der Waals surface area contributed by atoms with Crippen LogP contribution in [0.2, 0.25) is 0 Å². The number of aromatic nitrogens is 5. The molecule has 0 N–H and O–H groups in total. The molecule has 0 saturated carbocycles. The lowest BCUT2D eigenvalue weighted by Crippen LogP contribution is -2.61. The summed E-state index contributed by atoms with van der Waals surface area (Å²) in [7, 11) is 6.06. The van der Waals surface area contributed by atoms with Gasteiger partial charge in [0.1, 0.15) is 5.52 Å². The van der Waals surface area contributed by atoms with E-state index in [0.29, 0.717) is 35.6 Å². The molecule has 35 heavy (non-hydrogen) atoms. The second-order valence-electron chi connectivity index (χ2n) is 8.66. The van der Waals surface area contributed by atoms with Gasteiger partial charge < -0.3 is 19.1 Å². The summed E-state index contributed by atoms with van der Waals surface area (Å²) in [6.07, 6.45) is 5.09. The Morgan fingerprint density at radius 2 is 1.66 bits per heavy atom. The van der Waals surface area contributed by atoms with Crippen LogP contribution in [0.3, 0.4) is 0 Å². The number of hydrogen-bond donors (Lipinski definition) is 0. The summed E-state index contributed by atoms with van der Waals surface area (Å²) < 4.78 is 48.0. The predicted molar refractivity (Wildman–Crippen MR) is 126 cm³/mol. The van der Waals surface area contributed by atoms with E-state index in [9.17, 15) is 0 Å². The van der Waals surface area contributed by atoms with Crippen molar-refractivity contribution in [2.75, 3.05) is 39.3 Å². The molecule has 1 saturated heterocycles. The van der Waals surface area contributed by atoms with E-state index < -0.39 is 11.6 Å². The SMILES string of the molecule is COc1cc(OC)c(F)c(-c2cc3cnc(-c4cnn(C)c4)nc3c(N3CC(C)(OC)C3)n2)c1F. The standard InChI is InChI=1S/C24H24F2N6O3/c1-24(35-5)11-32(12-24)23-21-13(8-27-22(30-21)14-9-28-31(2)10-14)6-15(29-23)18-19(25)16(33-3)7-17(34-4)20(18)26/h6-10H,11-12H2,1-5H3. The van der Waals surface area contributed by atoms with Gasteiger partial charge in [-0.05, 0) is 13.0 Å². The van der Waals surface area contributed by atoms with Gasteiger partial charge in [-0.25, -0.2) is 23.7 Å². The molecule has 11 heteroatoms. The van der Waals surface area contributed by atoms with Crippen molar-refractivity contribution in [3.63, 3.8) is 0 Å². The number of hydrogen-bond acceptors (Lipinski definition) is 8. The second-order valence-corrected chi connectivity index (χ2v) is 8.66. The van der Waals surface area contributed by atoms with E-state index in [1.54, 1.807) is 37.3 Å². The van der Waals surface area contributed by atoms with Gasteiger partial charge in [-0.15, -0.1) is 0 Å². The molecule has 0 atom stereocenters. The van der Waals surface area contributed by atoms with Crippen molar-refractivity contribution in [1.29, 1.82) is 0 Å². The third-order valence-corrected chi connectivity index (χ3v) is 6.18. The quantitative estimate of drug-likeness (QED) is 0.412. The maximum absolute atomic E-state index is 15.3. The van der Waals surface area contributed by atoms with E-state index >= 15 is 8.78 Å². The number of methoxy groups -OCH3 is 3. The largest absolute Gasteiger partial charge is 0.494 e. The molecule has 4 aromatic rings. The number of ether oxygens (including phenoxy) is 3. The molecule has 182 valence electrons. The molecule has 9 nitrogen and oxygen atoms in total. The highest BCUT2D eigenvalue weighted by molar-refractivity contribution is 5.93. The number of anilines is 1. The Balaban J connectivity index is 1.73. The van der Waals surface area contributed by atoms with Crippen molar-refractivity contribution < 1.29 is 23.0 Å². The van der Waals surface area contributed by atoms with Crippen molar-refractivity contribution in [3.05, 3.63) is 42.4 Å². The van der Waals surface area contributed by atoms with Crippen molar-refractivity contribution >= 4 is 16.7 Å². The zero-order valence-corrected chi connectivity index (χ0v) is 20.0. The minimum atomic E-state index is -0.873. The van der Waals surface area contributed by atoms with Crippen LogP contribution in [0.15, 0.2) is 30.7 Å². The first-order chi connectivity index (χ1) is 16.8. The monoisotopic (exact) mass is 482 g/mol. The van der Waals surface area contributed by atoms with E-state index in [1.807, 2.05) is 18.0 Å². The van der Waals surface area contributed by atoms with Crippen molar-refractivity contribution in [1.82, 2.24) is 24.7 Å². The summed E-state index contributed by atoms with van der Waals surface area (Å²) in [4.78, 5) is 15.8. The van der Waals surface area contributed by atoms with Crippen LogP contribution in [0.1, 0.15) is 6.92 Å². The lowest BCUT2D eigenvalue weighted by molar-refractivity contribution is -0.0170. The molecular weight excluding hydrogens is 458 g/mol. The number of halogens is 2. The number of benzene rings is 1. The highest BCUT2D eigenvalue weighted by Gasteiger charge is 2.41. The van der Waals surface area contributed by atoms with Gasteiger partial charge in [0, 0.05) is 38.0 Å². The molecule has 0 amide bonds. The van der Waals surface area contributed by atoms with Crippen LogP contribution in [0.5, 0.6) is 11.5 Å². The molecule has 1 aliphatic heterocycles. The number of nitrogens with zero attached hydrogens (tertiary/aromatic N) is 6. The number of pyridine rings is 1. The summed E-state index contributed by atoms with van der Waals surface area (Å²) in [6.45, 7) is 3.05. The number of fused-ring (bicyclic) bond motifs is 1. The average molecular weight is 482 g/mol. The Hall–Kier alpha value is -3.86. The molecular formula is C24H24F2N6O3.